The Morgan fingerprint density at radius 3 is 2.62 bits per heavy atom. The van der Waals surface area contributed by atoms with E-state index in [9.17, 15) is 0 Å². The van der Waals surface area contributed by atoms with Crippen LogP contribution in [0.25, 0.3) is 10.9 Å². The summed E-state index contributed by atoms with van der Waals surface area (Å²) in [5.74, 6) is 0.896. The normalized spacial score (nSPS) is 11.0. The Hall–Kier alpha value is -1.97. The number of aromatic amines is 1. The average Bonchev–Trinajstić information content (AvgIpc) is 2.85. The molecular formula is C17H17ClN2O. The van der Waals surface area contributed by atoms with Gasteiger partial charge < -0.3 is 15.0 Å². The number of rotatable bonds is 5. The molecule has 0 amide bonds. The Balaban J connectivity index is 1.71. The van der Waals surface area contributed by atoms with Crippen LogP contribution in [0.2, 0.25) is 5.02 Å². The SMILES string of the molecule is COc1ccccc1CNCc1[nH]c2ccccc2c1Cl. The number of ether oxygens (including phenoxy) is 1. The topological polar surface area (TPSA) is 37.0 Å². The van der Waals surface area contributed by atoms with Crippen LogP contribution in [-0.4, -0.2) is 12.1 Å². The molecule has 0 bridgehead atoms. The molecule has 0 atom stereocenters. The maximum Gasteiger partial charge on any atom is 0.123 e. The monoisotopic (exact) mass is 300 g/mol. The molecule has 1 heterocycles. The van der Waals surface area contributed by atoms with Crippen LogP contribution in [0.15, 0.2) is 48.5 Å². The fraction of sp³-hybridized carbons (Fsp3) is 0.176. The zero-order valence-corrected chi connectivity index (χ0v) is 12.6. The van der Waals surface area contributed by atoms with Crippen molar-refractivity contribution in [1.29, 1.82) is 0 Å². The van der Waals surface area contributed by atoms with Crippen LogP contribution in [0.3, 0.4) is 0 Å². The third-order valence-corrected chi connectivity index (χ3v) is 3.96. The maximum atomic E-state index is 6.40. The van der Waals surface area contributed by atoms with E-state index in [0.29, 0.717) is 6.54 Å². The van der Waals surface area contributed by atoms with E-state index in [2.05, 4.69) is 16.4 Å². The standard InChI is InChI=1S/C17H17ClN2O/c1-21-16-9-5-2-6-12(16)10-19-11-15-17(18)13-7-3-4-8-14(13)20-15/h2-9,19-20H,10-11H2,1H3. The predicted molar refractivity (Wildman–Crippen MR) is 86.8 cm³/mol. The Morgan fingerprint density at radius 2 is 1.81 bits per heavy atom. The lowest BCUT2D eigenvalue weighted by Crippen LogP contribution is -2.13. The summed E-state index contributed by atoms with van der Waals surface area (Å²) in [4.78, 5) is 3.35. The first kappa shape index (κ1) is 14.0. The van der Waals surface area contributed by atoms with Crippen molar-refractivity contribution in [3.8, 4) is 5.75 Å². The predicted octanol–water partition coefficient (Wildman–Crippen LogP) is 4.12. The van der Waals surface area contributed by atoms with Gasteiger partial charge in [-0.05, 0) is 12.1 Å². The van der Waals surface area contributed by atoms with Gasteiger partial charge in [0.15, 0.2) is 0 Å². The number of para-hydroxylation sites is 2. The minimum absolute atomic E-state index is 0.686. The third-order valence-electron chi connectivity index (χ3n) is 3.52. The molecule has 0 aliphatic heterocycles. The van der Waals surface area contributed by atoms with Gasteiger partial charge in [0.05, 0.1) is 12.1 Å². The molecule has 4 heteroatoms. The lowest BCUT2D eigenvalue weighted by Gasteiger charge is -2.09. The van der Waals surface area contributed by atoms with Crippen LogP contribution in [0.4, 0.5) is 0 Å². The minimum Gasteiger partial charge on any atom is -0.496 e. The third kappa shape index (κ3) is 2.89. The van der Waals surface area contributed by atoms with Gasteiger partial charge in [0.25, 0.3) is 0 Å². The van der Waals surface area contributed by atoms with Crippen molar-refractivity contribution in [2.24, 2.45) is 0 Å². The van der Waals surface area contributed by atoms with Gasteiger partial charge in [-0.15, -0.1) is 0 Å². The van der Waals surface area contributed by atoms with E-state index in [1.807, 2.05) is 42.5 Å². The highest BCUT2D eigenvalue weighted by Crippen LogP contribution is 2.27. The summed E-state index contributed by atoms with van der Waals surface area (Å²) in [6.07, 6.45) is 0. The molecule has 2 N–H and O–H groups in total. The number of hydrogen-bond donors (Lipinski definition) is 2. The van der Waals surface area contributed by atoms with Gasteiger partial charge in [-0.25, -0.2) is 0 Å². The fourth-order valence-corrected chi connectivity index (χ4v) is 2.74. The Kier molecular flexibility index (Phi) is 4.13. The second kappa shape index (κ2) is 6.20. The molecule has 0 radical (unpaired) electrons. The minimum atomic E-state index is 0.686. The first-order valence-corrected chi connectivity index (χ1v) is 7.25. The summed E-state index contributed by atoms with van der Waals surface area (Å²) in [5, 5.41) is 5.25. The second-order valence-corrected chi connectivity index (χ2v) is 5.26. The highest BCUT2D eigenvalue weighted by atomic mass is 35.5. The van der Waals surface area contributed by atoms with Crippen molar-refractivity contribution in [1.82, 2.24) is 10.3 Å². The first-order chi connectivity index (χ1) is 10.3. The summed E-state index contributed by atoms with van der Waals surface area (Å²) >= 11 is 6.40. The molecule has 0 saturated carbocycles. The lowest BCUT2D eigenvalue weighted by atomic mass is 10.2. The first-order valence-electron chi connectivity index (χ1n) is 6.87. The van der Waals surface area contributed by atoms with Gasteiger partial charge in [0, 0.05) is 35.2 Å². The number of halogens is 1. The van der Waals surface area contributed by atoms with Crippen molar-refractivity contribution >= 4 is 22.5 Å². The molecule has 0 unspecified atom stereocenters. The smallest absolute Gasteiger partial charge is 0.123 e. The zero-order chi connectivity index (χ0) is 14.7. The molecule has 0 aliphatic rings. The summed E-state index contributed by atoms with van der Waals surface area (Å²) < 4.78 is 5.35. The molecule has 0 fully saturated rings. The Labute approximate surface area is 128 Å². The molecule has 2 aromatic carbocycles. The molecule has 3 nitrogen and oxygen atoms in total. The zero-order valence-electron chi connectivity index (χ0n) is 11.8. The number of methoxy groups -OCH3 is 1. The van der Waals surface area contributed by atoms with Gasteiger partial charge in [0.1, 0.15) is 5.75 Å². The Bertz CT molecular complexity index is 751. The van der Waals surface area contributed by atoms with Gasteiger partial charge >= 0.3 is 0 Å². The number of fused-ring (bicyclic) bond motifs is 1. The van der Waals surface area contributed by atoms with E-state index in [1.54, 1.807) is 7.11 Å². The number of benzene rings is 2. The number of nitrogens with one attached hydrogen (secondary N) is 2. The summed E-state index contributed by atoms with van der Waals surface area (Å²) in [7, 11) is 1.69. The summed E-state index contributed by atoms with van der Waals surface area (Å²) in [6, 6.07) is 16.1. The van der Waals surface area contributed by atoms with Crippen molar-refractivity contribution < 1.29 is 4.74 Å². The van der Waals surface area contributed by atoms with Crippen LogP contribution in [0.5, 0.6) is 5.75 Å². The van der Waals surface area contributed by atoms with Crippen LogP contribution in [0.1, 0.15) is 11.3 Å². The van der Waals surface area contributed by atoms with E-state index >= 15 is 0 Å². The summed E-state index contributed by atoms with van der Waals surface area (Å²) in [6.45, 7) is 1.42. The molecule has 0 spiro atoms. The van der Waals surface area contributed by atoms with Gasteiger partial charge in [0.2, 0.25) is 0 Å². The fourth-order valence-electron chi connectivity index (χ4n) is 2.46. The molecular weight excluding hydrogens is 284 g/mol. The van der Waals surface area contributed by atoms with E-state index in [0.717, 1.165) is 39.5 Å². The molecule has 1 aromatic heterocycles. The number of aromatic nitrogens is 1. The van der Waals surface area contributed by atoms with Crippen LogP contribution in [-0.2, 0) is 13.1 Å². The van der Waals surface area contributed by atoms with Crippen molar-refractivity contribution in [3.63, 3.8) is 0 Å². The van der Waals surface area contributed by atoms with Crippen LogP contribution < -0.4 is 10.1 Å². The van der Waals surface area contributed by atoms with E-state index in [4.69, 9.17) is 16.3 Å². The van der Waals surface area contributed by atoms with Gasteiger partial charge in [-0.3, -0.25) is 0 Å². The van der Waals surface area contributed by atoms with Crippen molar-refractivity contribution in [2.45, 2.75) is 13.1 Å². The molecule has 0 saturated heterocycles. The quantitative estimate of drug-likeness (QED) is 0.744. The maximum absolute atomic E-state index is 6.40. The van der Waals surface area contributed by atoms with Crippen LogP contribution in [0, 0.1) is 0 Å². The molecule has 3 rings (SSSR count). The van der Waals surface area contributed by atoms with Gasteiger partial charge in [-0.1, -0.05) is 48.0 Å². The van der Waals surface area contributed by atoms with Crippen LogP contribution >= 0.6 is 11.6 Å². The Morgan fingerprint density at radius 1 is 1.05 bits per heavy atom. The van der Waals surface area contributed by atoms with E-state index in [-0.39, 0.29) is 0 Å². The molecule has 108 valence electrons. The second-order valence-electron chi connectivity index (χ2n) is 4.88. The van der Waals surface area contributed by atoms with Gasteiger partial charge in [-0.2, -0.15) is 0 Å². The van der Waals surface area contributed by atoms with Crippen molar-refractivity contribution in [2.75, 3.05) is 7.11 Å². The number of hydrogen-bond acceptors (Lipinski definition) is 2. The average molecular weight is 301 g/mol. The molecule has 0 aliphatic carbocycles. The molecule has 3 aromatic rings. The largest absolute Gasteiger partial charge is 0.496 e. The molecule has 21 heavy (non-hydrogen) atoms. The lowest BCUT2D eigenvalue weighted by molar-refractivity contribution is 0.407. The van der Waals surface area contributed by atoms with Crippen molar-refractivity contribution in [3.05, 3.63) is 64.8 Å². The van der Waals surface area contributed by atoms with E-state index in [1.165, 1.54) is 0 Å². The summed E-state index contributed by atoms with van der Waals surface area (Å²) in [5.41, 5.74) is 3.21. The highest BCUT2D eigenvalue weighted by Gasteiger charge is 2.08. The number of H-pyrrole nitrogens is 1. The highest BCUT2D eigenvalue weighted by molar-refractivity contribution is 6.36. The van der Waals surface area contributed by atoms with E-state index < -0.39 is 0 Å².